The van der Waals surface area contributed by atoms with Gasteiger partial charge in [0.2, 0.25) is 0 Å². The van der Waals surface area contributed by atoms with Crippen LogP contribution in [0, 0.1) is 28.6 Å². The first-order valence-electron chi connectivity index (χ1n) is 12.3. The van der Waals surface area contributed by atoms with Crippen molar-refractivity contribution in [2.45, 2.75) is 76.3 Å². The molecule has 5 aliphatic rings. The summed E-state index contributed by atoms with van der Waals surface area (Å²) in [6.07, 6.45) is 7.34. The molecule has 32 heavy (non-hydrogen) atoms. The molecule has 1 heterocycles. The number of fused-ring (bicyclic) bond motifs is 6. The summed E-state index contributed by atoms with van der Waals surface area (Å²) in [5, 5.41) is 22.0. The van der Waals surface area contributed by atoms with E-state index in [2.05, 4.69) is 13.8 Å². The molecule has 1 aromatic carbocycles. The molecule has 4 fully saturated rings. The lowest BCUT2D eigenvalue weighted by molar-refractivity contribution is -0.136. The molecule has 172 valence electrons. The van der Waals surface area contributed by atoms with Crippen LogP contribution in [-0.4, -0.2) is 40.1 Å². The van der Waals surface area contributed by atoms with Crippen molar-refractivity contribution in [3.8, 4) is 5.75 Å². The molecule has 3 saturated carbocycles. The smallest absolute Gasteiger partial charge is 0.264 e. The van der Waals surface area contributed by atoms with Crippen molar-refractivity contribution < 1.29 is 24.5 Å². The lowest BCUT2D eigenvalue weighted by Crippen LogP contribution is -2.59. The van der Waals surface area contributed by atoms with Gasteiger partial charge in [-0.1, -0.05) is 37.6 Å². The number of carbonyl (C=O) groups is 1. The molecule has 4 aliphatic carbocycles. The zero-order valence-corrected chi connectivity index (χ0v) is 19.0. The molecule has 1 saturated heterocycles. The number of ether oxygens (including phenoxy) is 2. The Morgan fingerprint density at radius 1 is 1.12 bits per heavy atom. The number of carbonyl (C=O) groups excluding carboxylic acids is 1. The number of rotatable bonds is 3. The summed E-state index contributed by atoms with van der Waals surface area (Å²) in [6.45, 7) is 4.35. The lowest BCUT2D eigenvalue weighted by Gasteiger charge is -2.59. The van der Waals surface area contributed by atoms with Gasteiger partial charge < -0.3 is 19.7 Å². The van der Waals surface area contributed by atoms with Gasteiger partial charge in [-0.2, -0.15) is 0 Å². The van der Waals surface area contributed by atoms with Gasteiger partial charge in [-0.3, -0.25) is 4.79 Å². The molecule has 0 amide bonds. The Bertz CT molecular complexity index is 974. The molecule has 1 spiro atoms. The molecule has 6 rings (SSSR count). The Kier molecular flexibility index (Phi) is 4.36. The third kappa shape index (κ3) is 2.48. The minimum Gasteiger partial charge on any atom is -0.457 e. The third-order valence-corrected chi connectivity index (χ3v) is 10.2. The van der Waals surface area contributed by atoms with E-state index in [1.165, 1.54) is 5.57 Å². The number of benzene rings is 1. The Labute approximate surface area is 189 Å². The van der Waals surface area contributed by atoms with Gasteiger partial charge >= 0.3 is 0 Å². The van der Waals surface area contributed by atoms with Crippen LogP contribution in [0.25, 0.3) is 0 Å². The topological polar surface area (TPSA) is 79.3 Å². The van der Waals surface area contributed by atoms with Gasteiger partial charge in [0, 0.05) is 11.8 Å². The fourth-order valence-electron chi connectivity index (χ4n) is 8.70. The van der Waals surface area contributed by atoms with Crippen LogP contribution in [-0.2, 0) is 9.53 Å². The maximum Gasteiger partial charge on any atom is 0.264 e. The molecule has 8 atom stereocenters. The maximum atomic E-state index is 12.1. The van der Waals surface area contributed by atoms with E-state index in [-0.39, 0.29) is 29.1 Å². The molecule has 0 aromatic heterocycles. The Hall–Kier alpha value is -1.69. The van der Waals surface area contributed by atoms with Crippen LogP contribution in [0.5, 0.6) is 5.75 Å². The van der Waals surface area contributed by atoms with Crippen LogP contribution in [0.2, 0.25) is 0 Å². The van der Waals surface area contributed by atoms with Gasteiger partial charge in [0.05, 0.1) is 6.10 Å². The molecule has 1 aromatic rings. The quantitative estimate of drug-likeness (QED) is 0.697. The highest BCUT2D eigenvalue weighted by atomic mass is 16.8. The predicted molar refractivity (Wildman–Crippen MR) is 119 cm³/mol. The first-order valence-corrected chi connectivity index (χ1v) is 12.3. The van der Waals surface area contributed by atoms with Crippen molar-refractivity contribution in [3.05, 3.63) is 42.0 Å². The average Bonchev–Trinajstić information content (AvgIpc) is 3.33. The number of allylic oxidation sites excluding steroid dienone is 1. The highest BCUT2D eigenvalue weighted by Crippen LogP contribution is 2.75. The minimum atomic E-state index is -1.04. The highest BCUT2D eigenvalue weighted by molar-refractivity contribution is 5.91. The second-order valence-electron chi connectivity index (χ2n) is 11.4. The molecular formula is C27H34O5. The largest absolute Gasteiger partial charge is 0.457 e. The van der Waals surface area contributed by atoms with Gasteiger partial charge in [0.1, 0.15) is 18.0 Å². The number of aliphatic hydroxyl groups is 2. The number of ketones is 1. The van der Waals surface area contributed by atoms with Crippen LogP contribution in [0.15, 0.2) is 42.0 Å². The summed E-state index contributed by atoms with van der Waals surface area (Å²) in [5.41, 5.74) is 0.338. The van der Waals surface area contributed by atoms with E-state index in [1.54, 1.807) is 0 Å². The molecule has 1 unspecified atom stereocenters. The summed E-state index contributed by atoms with van der Waals surface area (Å²) >= 11 is 0. The molecule has 5 heteroatoms. The van der Waals surface area contributed by atoms with Crippen molar-refractivity contribution in [3.63, 3.8) is 0 Å². The SMILES string of the molecule is C[C@]12CCC(=O)C=C1CC[C@@H]1[C@@H]2[C@@H](O)C[C@@]2(C)[C@H]1CC[C@@]21OC1(CO)Oc1ccccc1. The van der Waals surface area contributed by atoms with Crippen molar-refractivity contribution >= 4 is 5.78 Å². The highest BCUT2D eigenvalue weighted by Gasteiger charge is 2.84. The van der Waals surface area contributed by atoms with Gasteiger partial charge in [-0.25, -0.2) is 0 Å². The predicted octanol–water partition coefficient (Wildman–Crippen LogP) is 4.03. The van der Waals surface area contributed by atoms with Gasteiger partial charge in [-0.05, 0) is 79.9 Å². The summed E-state index contributed by atoms with van der Waals surface area (Å²) in [5.74, 6) is 0.900. The second-order valence-corrected chi connectivity index (χ2v) is 11.4. The molecular weight excluding hydrogens is 404 g/mol. The maximum absolute atomic E-state index is 12.1. The number of epoxide rings is 1. The van der Waals surface area contributed by atoms with E-state index in [0.717, 1.165) is 32.1 Å². The van der Waals surface area contributed by atoms with Crippen LogP contribution < -0.4 is 4.74 Å². The first kappa shape index (κ1) is 20.9. The fraction of sp³-hybridized carbons (Fsp3) is 0.667. The van der Waals surface area contributed by atoms with E-state index in [9.17, 15) is 15.0 Å². The molecule has 1 aliphatic heterocycles. The van der Waals surface area contributed by atoms with E-state index in [1.807, 2.05) is 36.4 Å². The van der Waals surface area contributed by atoms with Crippen LogP contribution >= 0.6 is 0 Å². The van der Waals surface area contributed by atoms with E-state index < -0.39 is 17.5 Å². The normalized spacial score (nSPS) is 49.1. The van der Waals surface area contributed by atoms with Crippen LogP contribution in [0.1, 0.15) is 58.8 Å². The lowest BCUT2D eigenvalue weighted by atomic mass is 9.45. The fourth-order valence-corrected chi connectivity index (χ4v) is 8.70. The monoisotopic (exact) mass is 438 g/mol. The second kappa shape index (κ2) is 6.68. The van der Waals surface area contributed by atoms with Crippen LogP contribution in [0.4, 0.5) is 0 Å². The van der Waals surface area contributed by atoms with Crippen molar-refractivity contribution in [2.75, 3.05) is 6.61 Å². The van der Waals surface area contributed by atoms with Gasteiger partial charge in [-0.15, -0.1) is 0 Å². The van der Waals surface area contributed by atoms with E-state index in [0.29, 0.717) is 30.4 Å². The number of hydrogen-bond donors (Lipinski definition) is 2. The Balaban J connectivity index is 1.34. The summed E-state index contributed by atoms with van der Waals surface area (Å²) in [6, 6.07) is 9.58. The van der Waals surface area contributed by atoms with Crippen molar-refractivity contribution in [1.82, 2.24) is 0 Å². The Morgan fingerprint density at radius 2 is 1.91 bits per heavy atom. The van der Waals surface area contributed by atoms with Crippen LogP contribution in [0.3, 0.4) is 0 Å². The summed E-state index contributed by atoms with van der Waals surface area (Å²) in [7, 11) is 0. The Morgan fingerprint density at radius 3 is 2.66 bits per heavy atom. The van der Waals surface area contributed by atoms with Crippen molar-refractivity contribution in [1.29, 1.82) is 0 Å². The van der Waals surface area contributed by atoms with E-state index >= 15 is 0 Å². The first-order chi connectivity index (χ1) is 15.3. The van der Waals surface area contributed by atoms with Gasteiger partial charge in [0.15, 0.2) is 5.78 Å². The zero-order valence-electron chi connectivity index (χ0n) is 19.0. The third-order valence-electron chi connectivity index (χ3n) is 10.2. The number of hydrogen-bond acceptors (Lipinski definition) is 5. The minimum absolute atomic E-state index is 0.0909. The summed E-state index contributed by atoms with van der Waals surface area (Å²) in [4.78, 5) is 12.1. The molecule has 5 nitrogen and oxygen atoms in total. The van der Waals surface area contributed by atoms with E-state index in [4.69, 9.17) is 9.47 Å². The summed E-state index contributed by atoms with van der Waals surface area (Å²) < 4.78 is 12.7. The average molecular weight is 439 g/mol. The number of aliphatic hydroxyl groups excluding tert-OH is 2. The standard InChI is InChI=1S/C27H34O5/c1-24-12-10-18(29)14-17(24)8-9-20-21-11-13-26(25(21,2)15-22(30)23(20)24)27(16-28,32-26)31-19-6-4-3-5-7-19/h3-7,14,20-23,28,30H,8-13,15-16H2,1-2H3/t20-,21-,22-,23+,24-,25-,26+,27?/m0/s1. The number of para-hydroxylation sites is 1. The van der Waals surface area contributed by atoms with Crippen molar-refractivity contribution in [2.24, 2.45) is 28.6 Å². The molecule has 0 radical (unpaired) electrons. The van der Waals surface area contributed by atoms with Gasteiger partial charge in [0.25, 0.3) is 5.79 Å². The molecule has 2 N–H and O–H groups in total. The molecule has 0 bridgehead atoms. The zero-order chi connectivity index (χ0) is 22.4.